The van der Waals surface area contributed by atoms with Crippen molar-refractivity contribution in [3.8, 4) is 0 Å². The van der Waals surface area contributed by atoms with Gasteiger partial charge in [-0.1, -0.05) is 20.8 Å². The van der Waals surface area contributed by atoms with E-state index in [1.54, 1.807) is 12.3 Å². The summed E-state index contributed by atoms with van der Waals surface area (Å²) in [6.45, 7) is 6.03. The van der Waals surface area contributed by atoms with Crippen LogP contribution in [0.2, 0.25) is 0 Å². The molecule has 1 heterocycles. The molecule has 0 aromatic heterocycles. The van der Waals surface area contributed by atoms with Crippen molar-refractivity contribution in [3.05, 3.63) is 12.3 Å². The Morgan fingerprint density at radius 1 is 1.40 bits per heavy atom. The lowest BCUT2D eigenvalue weighted by Crippen LogP contribution is -2.23. The van der Waals surface area contributed by atoms with Gasteiger partial charge in [-0.2, -0.15) is 8.42 Å². The minimum Gasteiger partial charge on any atom is -0.496 e. The number of ether oxygens (including phenoxy) is 1. The van der Waals surface area contributed by atoms with Crippen LogP contribution < -0.4 is 0 Å². The SMILES string of the molecule is CC(C)(C)COS(=O)(=O)[C@H]1[C@@H]2C=CO[C@@H]21. The van der Waals surface area contributed by atoms with Crippen LogP contribution in [-0.2, 0) is 19.0 Å². The Morgan fingerprint density at radius 2 is 2.07 bits per heavy atom. The van der Waals surface area contributed by atoms with Crippen molar-refractivity contribution in [3.63, 3.8) is 0 Å². The highest BCUT2D eigenvalue weighted by Gasteiger charge is 2.61. The molecular formula is C10H16O4S. The minimum absolute atomic E-state index is 0.00923. The molecule has 1 fully saturated rings. The predicted molar refractivity (Wildman–Crippen MR) is 55.6 cm³/mol. The van der Waals surface area contributed by atoms with Crippen LogP contribution in [0.25, 0.3) is 0 Å². The number of rotatable bonds is 3. The Hall–Kier alpha value is -0.550. The van der Waals surface area contributed by atoms with Gasteiger partial charge in [-0.3, -0.25) is 4.18 Å². The maximum absolute atomic E-state index is 11.7. The normalized spacial score (nSPS) is 33.7. The van der Waals surface area contributed by atoms with Gasteiger partial charge in [0, 0.05) is 5.92 Å². The van der Waals surface area contributed by atoms with Crippen LogP contribution in [0.15, 0.2) is 12.3 Å². The fourth-order valence-electron chi connectivity index (χ4n) is 1.59. The maximum Gasteiger partial charge on any atom is 0.274 e. The standard InChI is InChI=1S/C10H16O4S/c1-10(2,3)6-14-15(11,12)9-7-4-5-13-8(7)9/h4-5,7-9H,6H2,1-3H3/t7-,8+,9+/m1/s1. The lowest BCUT2D eigenvalue weighted by Gasteiger charge is -2.17. The van der Waals surface area contributed by atoms with Crippen LogP contribution in [0.3, 0.4) is 0 Å². The molecule has 0 aromatic carbocycles. The number of hydrogen-bond acceptors (Lipinski definition) is 4. The van der Waals surface area contributed by atoms with Gasteiger partial charge >= 0.3 is 0 Å². The first-order chi connectivity index (χ1) is 6.81. The highest BCUT2D eigenvalue weighted by atomic mass is 32.2. The molecule has 86 valence electrons. The molecule has 15 heavy (non-hydrogen) atoms. The largest absolute Gasteiger partial charge is 0.496 e. The first-order valence-electron chi connectivity index (χ1n) is 5.02. The Morgan fingerprint density at radius 3 is 2.53 bits per heavy atom. The van der Waals surface area contributed by atoms with Gasteiger partial charge in [-0.25, -0.2) is 0 Å². The molecule has 0 bridgehead atoms. The van der Waals surface area contributed by atoms with Crippen molar-refractivity contribution >= 4 is 10.1 Å². The van der Waals surface area contributed by atoms with E-state index in [-0.39, 0.29) is 24.0 Å². The quantitative estimate of drug-likeness (QED) is 0.688. The molecule has 3 atom stereocenters. The van der Waals surface area contributed by atoms with E-state index in [4.69, 9.17) is 8.92 Å². The first kappa shape index (κ1) is 11.0. The van der Waals surface area contributed by atoms with E-state index in [1.807, 2.05) is 20.8 Å². The zero-order valence-corrected chi connectivity index (χ0v) is 9.95. The van der Waals surface area contributed by atoms with Gasteiger partial charge in [0.2, 0.25) is 0 Å². The summed E-state index contributed by atoms with van der Waals surface area (Å²) in [5.74, 6) is 0.00923. The summed E-state index contributed by atoms with van der Waals surface area (Å²) in [7, 11) is -3.46. The third kappa shape index (κ3) is 2.18. The molecule has 0 amide bonds. The molecule has 2 aliphatic rings. The molecule has 4 nitrogen and oxygen atoms in total. The van der Waals surface area contributed by atoms with Gasteiger partial charge in [0.1, 0.15) is 11.4 Å². The average Bonchev–Trinajstić information content (AvgIpc) is 2.60. The van der Waals surface area contributed by atoms with Crippen molar-refractivity contribution in [2.45, 2.75) is 32.1 Å². The monoisotopic (exact) mass is 232 g/mol. The van der Waals surface area contributed by atoms with Gasteiger partial charge in [-0.15, -0.1) is 0 Å². The molecule has 0 aromatic rings. The maximum atomic E-state index is 11.7. The Balaban J connectivity index is 1.95. The summed E-state index contributed by atoms with van der Waals surface area (Å²) < 4.78 is 33.6. The number of hydrogen-bond donors (Lipinski definition) is 0. The van der Waals surface area contributed by atoms with Gasteiger partial charge in [-0.05, 0) is 11.5 Å². The summed E-state index contributed by atoms with van der Waals surface area (Å²) >= 11 is 0. The van der Waals surface area contributed by atoms with Crippen LogP contribution in [-0.4, -0.2) is 26.4 Å². The van der Waals surface area contributed by atoms with E-state index in [0.717, 1.165) is 0 Å². The Labute approximate surface area is 90.4 Å². The molecule has 1 saturated carbocycles. The van der Waals surface area contributed by atoms with E-state index in [9.17, 15) is 8.42 Å². The zero-order chi connectivity index (χ0) is 11.3. The molecule has 1 aliphatic heterocycles. The predicted octanol–water partition coefficient (Wildman–Crippen LogP) is 1.29. The molecule has 2 rings (SSSR count). The van der Waals surface area contributed by atoms with E-state index in [1.165, 1.54) is 0 Å². The molecule has 0 saturated heterocycles. The van der Waals surface area contributed by atoms with Crippen LogP contribution in [0.4, 0.5) is 0 Å². The fourth-order valence-corrected chi connectivity index (χ4v) is 3.37. The average molecular weight is 232 g/mol. The third-order valence-corrected chi connectivity index (χ3v) is 4.16. The fraction of sp³-hybridized carbons (Fsp3) is 0.800. The van der Waals surface area contributed by atoms with Crippen molar-refractivity contribution in [1.82, 2.24) is 0 Å². The summed E-state index contributed by atoms with van der Waals surface area (Å²) in [5.41, 5.74) is -0.145. The van der Waals surface area contributed by atoms with Crippen molar-refractivity contribution < 1.29 is 17.3 Å². The second-order valence-electron chi connectivity index (χ2n) is 5.29. The van der Waals surface area contributed by atoms with Crippen LogP contribution in [0, 0.1) is 11.3 Å². The molecule has 0 N–H and O–H groups in total. The topological polar surface area (TPSA) is 52.6 Å². The molecule has 5 heteroatoms. The van der Waals surface area contributed by atoms with E-state index < -0.39 is 15.4 Å². The molecule has 0 spiro atoms. The second kappa shape index (κ2) is 3.22. The van der Waals surface area contributed by atoms with Crippen LogP contribution in [0.1, 0.15) is 20.8 Å². The van der Waals surface area contributed by atoms with E-state index in [2.05, 4.69) is 0 Å². The van der Waals surface area contributed by atoms with Crippen molar-refractivity contribution in [2.75, 3.05) is 6.61 Å². The second-order valence-corrected chi connectivity index (χ2v) is 7.05. The van der Waals surface area contributed by atoms with Gasteiger partial charge in [0.25, 0.3) is 10.1 Å². The summed E-state index contributed by atoms with van der Waals surface area (Å²) in [4.78, 5) is 0. The van der Waals surface area contributed by atoms with Gasteiger partial charge in [0.15, 0.2) is 0 Å². The van der Waals surface area contributed by atoms with E-state index >= 15 is 0 Å². The smallest absolute Gasteiger partial charge is 0.274 e. The van der Waals surface area contributed by atoms with Crippen molar-refractivity contribution in [1.29, 1.82) is 0 Å². The highest BCUT2D eigenvalue weighted by Crippen LogP contribution is 2.46. The summed E-state index contributed by atoms with van der Waals surface area (Å²) in [5, 5.41) is -0.482. The summed E-state index contributed by atoms with van der Waals surface area (Å²) in [6, 6.07) is 0. The molecule has 0 unspecified atom stereocenters. The lowest BCUT2D eigenvalue weighted by atomic mass is 9.99. The molecular weight excluding hydrogens is 216 g/mol. The van der Waals surface area contributed by atoms with Gasteiger partial charge < -0.3 is 4.74 Å². The third-order valence-electron chi connectivity index (χ3n) is 2.47. The zero-order valence-electron chi connectivity index (χ0n) is 9.14. The lowest BCUT2D eigenvalue weighted by molar-refractivity contribution is 0.198. The number of fused-ring (bicyclic) bond motifs is 1. The van der Waals surface area contributed by atoms with Crippen LogP contribution in [0.5, 0.6) is 0 Å². The first-order valence-corrected chi connectivity index (χ1v) is 6.49. The minimum atomic E-state index is -3.46. The van der Waals surface area contributed by atoms with E-state index in [0.29, 0.717) is 0 Å². The van der Waals surface area contributed by atoms with Crippen LogP contribution >= 0.6 is 0 Å². The molecule has 1 aliphatic carbocycles. The Kier molecular flexibility index (Phi) is 2.35. The van der Waals surface area contributed by atoms with Gasteiger partial charge in [0.05, 0.1) is 12.9 Å². The van der Waals surface area contributed by atoms with Crippen molar-refractivity contribution in [2.24, 2.45) is 11.3 Å². The Bertz CT molecular complexity index is 377. The highest BCUT2D eigenvalue weighted by molar-refractivity contribution is 7.87. The summed E-state index contributed by atoms with van der Waals surface area (Å²) in [6.07, 6.45) is 3.15. The molecule has 0 radical (unpaired) electrons.